The van der Waals surface area contributed by atoms with Gasteiger partial charge in [-0.3, -0.25) is 4.98 Å². The molecule has 0 saturated heterocycles. The number of benzene rings is 1. The van der Waals surface area contributed by atoms with Gasteiger partial charge in [0.25, 0.3) is 0 Å². The second-order valence-corrected chi connectivity index (χ2v) is 4.04. The average molecular weight is 273 g/mol. The first-order valence-corrected chi connectivity index (χ1v) is 6.13. The van der Waals surface area contributed by atoms with Crippen molar-refractivity contribution in [3.05, 3.63) is 48.4 Å². The van der Waals surface area contributed by atoms with Crippen molar-refractivity contribution in [3.8, 4) is 17.2 Å². The van der Waals surface area contributed by atoms with E-state index in [-0.39, 0.29) is 0 Å². The minimum atomic E-state index is 0.293. The molecule has 0 bridgehead atoms. The fourth-order valence-corrected chi connectivity index (χ4v) is 1.70. The molecule has 0 N–H and O–H groups in total. The molecule has 0 saturated carbocycles. The summed E-state index contributed by atoms with van der Waals surface area (Å²) in [4.78, 5) is 9.65. The van der Waals surface area contributed by atoms with E-state index in [0.29, 0.717) is 23.2 Å². The Morgan fingerprint density at radius 2 is 1.95 bits per heavy atom. The molecule has 19 heavy (non-hydrogen) atoms. The van der Waals surface area contributed by atoms with Crippen molar-refractivity contribution in [2.24, 2.45) is 0 Å². The molecule has 7 heteroatoms. The summed E-state index contributed by atoms with van der Waals surface area (Å²) in [5, 5.41) is 12.2. The molecule has 0 aliphatic carbocycles. The normalized spacial score (nSPS) is 10.6. The van der Waals surface area contributed by atoms with Crippen LogP contribution >= 0.6 is 11.6 Å². The molecule has 0 unspecified atom stereocenters. The molecule has 94 valence electrons. The second kappa shape index (κ2) is 5.11. The van der Waals surface area contributed by atoms with Gasteiger partial charge in [-0.1, -0.05) is 30.3 Å². The number of halogens is 1. The molecule has 3 aromatic rings. The van der Waals surface area contributed by atoms with Crippen molar-refractivity contribution in [2.75, 3.05) is 0 Å². The number of tetrazole rings is 1. The lowest BCUT2D eigenvalue weighted by Crippen LogP contribution is -2.04. The summed E-state index contributed by atoms with van der Waals surface area (Å²) in [6.45, 7) is 0. The predicted octanol–water partition coefficient (Wildman–Crippen LogP) is 1.86. The Kier molecular flexibility index (Phi) is 3.16. The Labute approximate surface area is 114 Å². The fourth-order valence-electron chi connectivity index (χ4n) is 1.57. The maximum Gasteiger partial charge on any atom is 0.205 e. The summed E-state index contributed by atoms with van der Waals surface area (Å²) >= 11 is 5.72. The highest BCUT2D eigenvalue weighted by Gasteiger charge is 2.08. The van der Waals surface area contributed by atoms with Crippen LogP contribution in [-0.2, 0) is 5.88 Å². The average Bonchev–Trinajstić information content (AvgIpc) is 2.98. The highest BCUT2D eigenvalue weighted by atomic mass is 35.5. The Balaban J connectivity index is 1.97. The van der Waals surface area contributed by atoms with Crippen molar-refractivity contribution in [2.45, 2.75) is 5.88 Å². The molecule has 0 aliphatic heterocycles. The molecule has 0 spiro atoms. The molecular formula is C12H9ClN6. The lowest BCUT2D eigenvalue weighted by atomic mass is 10.2. The molecule has 0 amide bonds. The van der Waals surface area contributed by atoms with E-state index in [0.717, 1.165) is 5.56 Å². The standard InChI is InChI=1S/C12H9ClN6/c13-6-10-7-14-8-11(15-10)19-17-12(16-18-19)9-4-2-1-3-5-9/h1-5,7-8H,6H2. The summed E-state index contributed by atoms with van der Waals surface area (Å²) in [5.41, 5.74) is 1.56. The van der Waals surface area contributed by atoms with E-state index in [1.54, 1.807) is 12.4 Å². The summed E-state index contributed by atoms with van der Waals surface area (Å²) < 4.78 is 0. The van der Waals surface area contributed by atoms with Crippen LogP contribution in [0.15, 0.2) is 42.7 Å². The monoisotopic (exact) mass is 272 g/mol. The first-order valence-electron chi connectivity index (χ1n) is 5.59. The van der Waals surface area contributed by atoms with Crippen LogP contribution in [0, 0.1) is 0 Å². The van der Waals surface area contributed by atoms with Gasteiger partial charge in [0.15, 0.2) is 5.82 Å². The van der Waals surface area contributed by atoms with Crippen LogP contribution in [0.3, 0.4) is 0 Å². The highest BCUT2D eigenvalue weighted by Crippen LogP contribution is 2.13. The fraction of sp³-hybridized carbons (Fsp3) is 0.0833. The minimum absolute atomic E-state index is 0.293. The zero-order valence-electron chi connectivity index (χ0n) is 9.81. The van der Waals surface area contributed by atoms with Crippen LogP contribution in [0.25, 0.3) is 17.2 Å². The number of rotatable bonds is 3. The molecule has 0 aliphatic rings. The second-order valence-electron chi connectivity index (χ2n) is 3.77. The van der Waals surface area contributed by atoms with Crippen LogP contribution < -0.4 is 0 Å². The molecule has 0 radical (unpaired) electrons. The van der Waals surface area contributed by atoms with Gasteiger partial charge in [-0.05, 0) is 5.21 Å². The summed E-state index contributed by atoms with van der Waals surface area (Å²) in [5.74, 6) is 1.33. The van der Waals surface area contributed by atoms with Gasteiger partial charge in [-0.25, -0.2) is 4.98 Å². The molecule has 3 rings (SSSR count). The van der Waals surface area contributed by atoms with Gasteiger partial charge in [-0.15, -0.1) is 26.6 Å². The predicted molar refractivity (Wildman–Crippen MR) is 69.7 cm³/mol. The highest BCUT2D eigenvalue weighted by molar-refractivity contribution is 6.16. The van der Waals surface area contributed by atoms with Crippen molar-refractivity contribution in [3.63, 3.8) is 0 Å². The Morgan fingerprint density at radius 3 is 2.74 bits per heavy atom. The van der Waals surface area contributed by atoms with E-state index in [2.05, 4.69) is 25.4 Å². The van der Waals surface area contributed by atoms with Crippen LogP contribution in [-0.4, -0.2) is 30.2 Å². The third-order valence-electron chi connectivity index (χ3n) is 2.46. The first-order chi connectivity index (χ1) is 9.36. The van der Waals surface area contributed by atoms with Crippen molar-refractivity contribution in [1.29, 1.82) is 0 Å². The van der Waals surface area contributed by atoms with Gasteiger partial charge in [0, 0.05) is 11.8 Å². The van der Waals surface area contributed by atoms with E-state index >= 15 is 0 Å². The quantitative estimate of drug-likeness (QED) is 0.681. The van der Waals surface area contributed by atoms with Crippen molar-refractivity contribution < 1.29 is 0 Å². The minimum Gasteiger partial charge on any atom is -0.259 e. The molecule has 0 atom stereocenters. The SMILES string of the molecule is ClCc1cncc(-n2nnc(-c3ccccc3)n2)n1. The summed E-state index contributed by atoms with van der Waals surface area (Å²) in [6, 6.07) is 9.61. The van der Waals surface area contributed by atoms with Crippen LogP contribution in [0.4, 0.5) is 0 Å². The zero-order chi connectivity index (χ0) is 13.1. The molecule has 1 aromatic carbocycles. The van der Waals surface area contributed by atoms with Gasteiger partial charge in [0.1, 0.15) is 0 Å². The third kappa shape index (κ3) is 2.43. The maximum absolute atomic E-state index is 5.72. The van der Waals surface area contributed by atoms with E-state index in [4.69, 9.17) is 11.6 Å². The number of hydrogen-bond donors (Lipinski definition) is 0. The molecule has 0 fully saturated rings. The summed E-state index contributed by atoms with van der Waals surface area (Å²) in [7, 11) is 0. The van der Waals surface area contributed by atoms with E-state index in [9.17, 15) is 0 Å². The van der Waals surface area contributed by atoms with Gasteiger partial charge in [0.05, 0.1) is 17.8 Å². The van der Waals surface area contributed by atoms with Crippen LogP contribution in [0.1, 0.15) is 5.69 Å². The third-order valence-corrected chi connectivity index (χ3v) is 2.73. The number of aromatic nitrogens is 6. The van der Waals surface area contributed by atoms with Gasteiger partial charge in [-0.2, -0.15) is 0 Å². The Bertz CT molecular complexity index is 681. The molecule has 6 nitrogen and oxygen atoms in total. The molecule has 2 aromatic heterocycles. The van der Waals surface area contributed by atoms with Crippen LogP contribution in [0.5, 0.6) is 0 Å². The smallest absolute Gasteiger partial charge is 0.205 e. The number of nitrogens with zero attached hydrogens (tertiary/aromatic N) is 6. The van der Waals surface area contributed by atoms with Crippen LogP contribution in [0.2, 0.25) is 0 Å². The molecular weight excluding hydrogens is 264 g/mol. The zero-order valence-corrected chi connectivity index (χ0v) is 10.6. The van der Waals surface area contributed by atoms with E-state index in [1.165, 1.54) is 4.80 Å². The lowest BCUT2D eigenvalue weighted by Gasteiger charge is -1.98. The Morgan fingerprint density at radius 1 is 1.11 bits per heavy atom. The Hall–Kier alpha value is -2.34. The lowest BCUT2D eigenvalue weighted by molar-refractivity contribution is 0.693. The largest absolute Gasteiger partial charge is 0.259 e. The van der Waals surface area contributed by atoms with Gasteiger partial charge in [0.2, 0.25) is 5.82 Å². The maximum atomic E-state index is 5.72. The van der Waals surface area contributed by atoms with Gasteiger partial charge < -0.3 is 0 Å². The topological polar surface area (TPSA) is 69.4 Å². The first kappa shape index (κ1) is 11.7. The van der Waals surface area contributed by atoms with E-state index < -0.39 is 0 Å². The summed E-state index contributed by atoms with van der Waals surface area (Å²) in [6.07, 6.45) is 3.16. The molecule has 2 heterocycles. The number of hydrogen-bond acceptors (Lipinski definition) is 5. The van der Waals surface area contributed by atoms with Gasteiger partial charge >= 0.3 is 0 Å². The van der Waals surface area contributed by atoms with Crippen molar-refractivity contribution >= 4 is 11.6 Å². The van der Waals surface area contributed by atoms with Crippen molar-refractivity contribution in [1.82, 2.24) is 30.2 Å². The number of alkyl halides is 1. The van der Waals surface area contributed by atoms with E-state index in [1.807, 2.05) is 30.3 Å².